The zero-order valence-electron chi connectivity index (χ0n) is 11.5. The fourth-order valence-electron chi connectivity index (χ4n) is 2.24. The van der Waals surface area contributed by atoms with E-state index < -0.39 is 12.0 Å². The Morgan fingerprint density at radius 1 is 1.57 bits per heavy atom. The van der Waals surface area contributed by atoms with Gasteiger partial charge in [0.2, 0.25) is 5.91 Å². The van der Waals surface area contributed by atoms with Gasteiger partial charge in [0.15, 0.2) is 0 Å². The van der Waals surface area contributed by atoms with Crippen molar-refractivity contribution >= 4 is 35.2 Å². The minimum atomic E-state index is -1.03. The molecule has 7 heteroatoms. The first-order valence-corrected chi connectivity index (χ1v) is 7.49. The zero-order valence-corrected chi connectivity index (χ0v) is 12.4. The molecule has 0 aliphatic carbocycles. The summed E-state index contributed by atoms with van der Waals surface area (Å²) in [6, 6.07) is 1.20. The number of hydrogen-bond acceptors (Lipinski definition) is 4. The van der Waals surface area contributed by atoms with Crippen molar-refractivity contribution in [2.75, 3.05) is 13.1 Å². The number of rotatable bonds is 4. The molecule has 2 heterocycles. The van der Waals surface area contributed by atoms with Crippen LogP contribution < -0.4 is 5.32 Å². The monoisotopic (exact) mass is 308 g/mol. The molecular formula is C14H16N2O4S. The van der Waals surface area contributed by atoms with Crippen LogP contribution in [0.3, 0.4) is 0 Å². The highest BCUT2D eigenvalue weighted by molar-refractivity contribution is 7.11. The van der Waals surface area contributed by atoms with Gasteiger partial charge >= 0.3 is 5.97 Å². The SMILES string of the molecule is CCC1C(=O)NCCN1C(=O)c1csc(C=CC(=O)O)c1. The van der Waals surface area contributed by atoms with Crippen molar-refractivity contribution in [1.29, 1.82) is 0 Å². The van der Waals surface area contributed by atoms with Gasteiger partial charge < -0.3 is 15.3 Å². The van der Waals surface area contributed by atoms with E-state index in [1.165, 1.54) is 17.4 Å². The molecule has 1 aromatic heterocycles. The van der Waals surface area contributed by atoms with Gasteiger partial charge in [-0.05, 0) is 18.6 Å². The molecular weight excluding hydrogens is 292 g/mol. The highest BCUT2D eigenvalue weighted by Crippen LogP contribution is 2.20. The average Bonchev–Trinajstić information content (AvgIpc) is 2.93. The minimum absolute atomic E-state index is 0.127. The van der Waals surface area contributed by atoms with Gasteiger partial charge in [-0.2, -0.15) is 0 Å². The molecule has 6 nitrogen and oxygen atoms in total. The fourth-order valence-corrected chi connectivity index (χ4v) is 3.01. The summed E-state index contributed by atoms with van der Waals surface area (Å²) in [7, 11) is 0. The third-order valence-corrected chi connectivity index (χ3v) is 4.13. The van der Waals surface area contributed by atoms with Gasteiger partial charge in [0.25, 0.3) is 5.91 Å². The van der Waals surface area contributed by atoms with E-state index in [4.69, 9.17) is 5.11 Å². The lowest BCUT2D eigenvalue weighted by molar-refractivity contribution is -0.131. The van der Waals surface area contributed by atoms with Gasteiger partial charge in [-0.25, -0.2) is 4.79 Å². The first-order chi connectivity index (χ1) is 10.0. The summed E-state index contributed by atoms with van der Waals surface area (Å²) in [6.07, 6.45) is 3.04. The quantitative estimate of drug-likeness (QED) is 0.818. The number of carboxylic acid groups (broad SMARTS) is 1. The highest BCUT2D eigenvalue weighted by Gasteiger charge is 2.32. The Morgan fingerprint density at radius 3 is 3.00 bits per heavy atom. The van der Waals surface area contributed by atoms with Gasteiger partial charge in [0.1, 0.15) is 6.04 Å². The number of amides is 2. The predicted molar refractivity (Wildman–Crippen MR) is 79.1 cm³/mol. The molecule has 0 bridgehead atoms. The van der Waals surface area contributed by atoms with Crippen LogP contribution in [-0.2, 0) is 9.59 Å². The van der Waals surface area contributed by atoms with E-state index in [9.17, 15) is 14.4 Å². The Bertz CT molecular complexity index is 594. The van der Waals surface area contributed by atoms with Crippen LogP contribution in [0.5, 0.6) is 0 Å². The third-order valence-electron chi connectivity index (χ3n) is 3.24. The summed E-state index contributed by atoms with van der Waals surface area (Å²) in [5.41, 5.74) is 0.484. The average molecular weight is 308 g/mol. The number of carboxylic acids is 1. The largest absolute Gasteiger partial charge is 0.478 e. The zero-order chi connectivity index (χ0) is 15.4. The van der Waals surface area contributed by atoms with E-state index in [0.717, 1.165) is 6.08 Å². The van der Waals surface area contributed by atoms with E-state index in [-0.39, 0.29) is 11.8 Å². The van der Waals surface area contributed by atoms with Crippen LogP contribution in [0.4, 0.5) is 0 Å². The molecule has 1 atom stereocenters. The summed E-state index contributed by atoms with van der Waals surface area (Å²) in [4.78, 5) is 37.0. The summed E-state index contributed by atoms with van der Waals surface area (Å²) in [6.45, 7) is 2.81. The fraction of sp³-hybridized carbons (Fsp3) is 0.357. The lowest BCUT2D eigenvalue weighted by Gasteiger charge is -2.34. The maximum absolute atomic E-state index is 12.5. The van der Waals surface area contributed by atoms with Crippen molar-refractivity contribution < 1.29 is 19.5 Å². The van der Waals surface area contributed by atoms with Gasteiger partial charge in [0, 0.05) is 29.4 Å². The molecule has 1 fully saturated rings. The molecule has 0 aromatic carbocycles. The van der Waals surface area contributed by atoms with Crippen molar-refractivity contribution in [2.24, 2.45) is 0 Å². The van der Waals surface area contributed by atoms with Crippen LogP contribution >= 0.6 is 11.3 Å². The number of nitrogens with one attached hydrogen (secondary N) is 1. The number of thiophene rings is 1. The topological polar surface area (TPSA) is 86.7 Å². The lowest BCUT2D eigenvalue weighted by Crippen LogP contribution is -2.56. The molecule has 2 N–H and O–H groups in total. The summed E-state index contributed by atoms with van der Waals surface area (Å²) in [5, 5.41) is 13.0. The number of aliphatic carboxylic acids is 1. The molecule has 1 saturated heterocycles. The molecule has 1 aliphatic heterocycles. The van der Waals surface area contributed by atoms with Crippen molar-refractivity contribution in [3.63, 3.8) is 0 Å². The molecule has 0 radical (unpaired) electrons. The molecule has 2 amide bonds. The predicted octanol–water partition coefficient (Wildman–Crippen LogP) is 1.20. The Balaban J connectivity index is 2.15. The standard InChI is InChI=1S/C14H16N2O4S/c1-2-11-13(19)15-5-6-16(11)14(20)9-7-10(21-8-9)3-4-12(17)18/h3-4,7-8,11H,2,5-6H2,1H3,(H,15,19)(H,17,18). The van der Waals surface area contributed by atoms with Crippen LogP contribution in [0.25, 0.3) is 6.08 Å². The smallest absolute Gasteiger partial charge is 0.328 e. The molecule has 1 aliphatic rings. The van der Waals surface area contributed by atoms with Crippen molar-refractivity contribution in [3.8, 4) is 0 Å². The Labute approximate surface area is 126 Å². The summed E-state index contributed by atoms with van der Waals surface area (Å²) in [5.74, 6) is -1.35. The molecule has 112 valence electrons. The van der Waals surface area contributed by atoms with Crippen LogP contribution in [0.15, 0.2) is 17.5 Å². The van der Waals surface area contributed by atoms with Gasteiger partial charge in [0.05, 0.1) is 5.56 Å². The van der Waals surface area contributed by atoms with E-state index in [0.29, 0.717) is 30.0 Å². The summed E-state index contributed by atoms with van der Waals surface area (Å²) < 4.78 is 0. The first kappa shape index (κ1) is 15.2. The number of carbonyl (C=O) groups is 3. The minimum Gasteiger partial charge on any atom is -0.478 e. The van der Waals surface area contributed by atoms with Crippen LogP contribution in [0, 0.1) is 0 Å². The Kier molecular flexibility index (Phi) is 4.74. The van der Waals surface area contributed by atoms with E-state index >= 15 is 0 Å². The molecule has 0 spiro atoms. The normalized spacial score (nSPS) is 18.8. The second kappa shape index (κ2) is 6.53. The number of nitrogens with zero attached hydrogens (tertiary/aromatic N) is 1. The van der Waals surface area contributed by atoms with Crippen LogP contribution in [0.2, 0.25) is 0 Å². The maximum Gasteiger partial charge on any atom is 0.328 e. The second-order valence-corrected chi connectivity index (χ2v) is 5.57. The van der Waals surface area contributed by atoms with E-state index in [2.05, 4.69) is 5.32 Å². The van der Waals surface area contributed by atoms with Gasteiger partial charge in [-0.15, -0.1) is 11.3 Å². The maximum atomic E-state index is 12.5. The second-order valence-electron chi connectivity index (χ2n) is 4.62. The van der Waals surface area contributed by atoms with Crippen LogP contribution in [0.1, 0.15) is 28.6 Å². The molecule has 0 saturated carbocycles. The summed E-state index contributed by atoms with van der Waals surface area (Å²) >= 11 is 1.30. The lowest BCUT2D eigenvalue weighted by atomic mass is 10.1. The van der Waals surface area contributed by atoms with Crippen LogP contribution in [-0.4, -0.2) is 46.9 Å². The van der Waals surface area contributed by atoms with E-state index in [1.807, 2.05) is 6.92 Å². The van der Waals surface area contributed by atoms with Gasteiger partial charge in [-0.3, -0.25) is 9.59 Å². The number of carbonyl (C=O) groups excluding carboxylic acids is 2. The highest BCUT2D eigenvalue weighted by atomic mass is 32.1. The Hall–Kier alpha value is -2.15. The molecule has 2 rings (SSSR count). The van der Waals surface area contributed by atoms with E-state index in [1.54, 1.807) is 16.3 Å². The third kappa shape index (κ3) is 3.49. The van der Waals surface area contributed by atoms with Gasteiger partial charge in [-0.1, -0.05) is 6.92 Å². The molecule has 1 unspecified atom stereocenters. The first-order valence-electron chi connectivity index (χ1n) is 6.61. The molecule has 21 heavy (non-hydrogen) atoms. The number of hydrogen-bond donors (Lipinski definition) is 2. The molecule has 1 aromatic rings. The van der Waals surface area contributed by atoms with Crippen molar-refractivity contribution in [3.05, 3.63) is 28.0 Å². The van der Waals surface area contributed by atoms with Crippen molar-refractivity contribution in [2.45, 2.75) is 19.4 Å². The van der Waals surface area contributed by atoms with Crippen molar-refractivity contribution in [1.82, 2.24) is 10.2 Å². The Morgan fingerprint density at radius 2 is 2.33 bits per heavy atom. The number of piperazine rings is 1.